The highest BCUT2D eigenvalue weighted by Gasteiger charge is 2.27. The summed E-state index contributed by atoms with van der Waals surface area (Å²) in [6, 6.07) is 11.5. The van der Waals surface area contributed by atoms with Gasteiger partial charge in [0, 0.05) is 6.07 Å². The molecule has 0 radical (unpaired) electrons. The van der Waals surface area contributed by atoms with Gasteiger partial charge < -0.3 is 18.0 Å². The van der Waals surface area contributed by atoms with Gasteiger partial charge >= 0.3 is 0 Å². The van der Waals surface area contributed by atoms with Gasteiger partial charge in [-0.25, -0.2) is 0 Å². The maximum atomic E-state index is 12.5. The molecule has 0 saturated carbocycles. The van der Waals surface area contributed by atoms with Gasteiger partial charge in [-0.3, -0.25) is 10.1 Å². The molecule has 0 saturated heterocycles. The van der Waals surface area contributed by atoms with Crippen molar-refractivity contribution in [2.75, 3.05) is 11.9 Å². The molecule has 1 N–H and O–H groups in total. The van der Waals surface area contributed by atoms with Crippen molar-refractivity contribution < 1.29 is 22.8 Å². The van der Waals surface area contributed by atoms with E-state index in [9.17, 15) is 10.1 Å². The van der Waals surface area contributed by atoms with Crippen LogP contribution in [0.5, 0.6) is 5.75 Å². The zero-order valence-electron chi connectivity index (χ0n) is 15.4. The molecular formula is C21H11Cl3N2O5. The van der Waals surface area contributed by atoms with Crippen LogP contribution in [0.3, 0.4) is 0 Å². The maximum absolute atomic E-state index is 12.5. The fourth-order valence-electron chi connectivity index (χ4n) is 2.78. The molecule has 4 aromatic rings. The number of benzene rings is 1. The van der Waals surface area contributed by atoms with Crippen LogP contribution in [0.4, 0.5) is 5.88 Å². The van der Waals surface area contributed by atoms with Gasteiger partial charge in [-0.1, -0.05) is 34.8 Å². The molecule has 0 bridgehead atoms. The first kappa shape index (κ1) is 20.9. The number of carbonyl (C=O) groups is 1. The van der Waals surface area contributed by atoms with Crippen molar-refractivity contribution in [3.05, 3.63) is 69.6 Å². The van der Waals surface area contributed by atoms with Crippen LogP contribution in [0.25, 0.3) is 22.8 Å². The van der Waals surface area contributed by atoms with E-state index >= 15 is 0 Å². The van der Waals surface area contributed by atoms with Crippen LogP contribution in [0, 0.1) is 11.3 Å². The van der Waals surface area contributed by atoms with Gasteiger partial charge in [-0.15, -0.1) is 0 Å². The van der Waals surface area contributed by atoms with E-state index in [0.717, 1.165) is 0 Å². The molecule has 0 spiro atoms. The number of hydrogen-bond donors (Lipinski definition) is 1. The molecule has 4 rings (SSSR count). The summed E-state index contributed by atoms with van der Waals surface area (Å²) in [4.78, 5) is 12.5. The SMILES string of the molecule is N#Cc1c(NC(=O)COc2cc(Cl)c(Cl)cc2Cl)oc(-c2ccco2)c1-c1ccco1. The first-order valence-corrected chi connectivity index (χ1v) is 9.83. The van der Waals surface area contributed by atoms with Crippen molar-refractivity contribution in [2.45, 2.75) is 0 Å². The number of rotatable bonds is 6. The Morgan fingerprint density at radius 1 is 1.03 bits per heavy atom. The van der Waals surface area contributed by atoms with E-state index < -0.39 is 12.5 Å². The number of anilines is 1. The second kappa shape index (κ2) is 8.82. The number of nitrogens with one attached hydrogen (secondary N) is 1. The summed E-state index contributed by atoms with van der Waals surface area (Å²) in [5, 5.41) is 12.9. The topological polar surface area (TPSA) is 102 Å². The van der Waals surface area contributed by atoms with Gasteiger partial charge in [0.05, 0.1) is 33.2 Å². The molecule has 156 valence electrons. The van der Waals surface area contributed by atoms with Crippen molar-refractivity contribution in [1.82, 2.24) is 0 Å². The molecule has 3 heterocycles. The monoisotopic (exact) mass is 476 g/mol. The molecule has 0 aliphatic carbocycles. The molecular weight excluding hydrogens is 467 g/mol. The summed E-state index contributed by atoms with van der Waals surface area (Å²) >= 11 is 17.9. The van der Waals surface area contributed by atoms with E-state index in [1.54, 1.807) is 24.3 Å². The zero-order chi connectivity index (χ0) is 22.0. The van der Waals surface area contributed by atoms with Crippen LogP contribution in [0.15, 0.2) is 62.2 Å². The van der Waals surface area contributed by atoms with Crippen molar-refractivity contribution in [3.8, 4) is 34.7 Å². The number of carbonyl (C=O) groups excluding carboxylic acids is 1. The largest absolute Gasteiger partial charge is 0.482 e. The van der Waals surface area contributed by atoms with Crippen LogP contribution in [-0.2, 0) is 4.79 Å². The van der Waals surface area contributed by atoms with Gasteiger partial charge in [0.2, 0.25) is 5.88 Å². The van der Waals surface area contributed by atoms with Crippen molar-refractivity contribution >= 4 is 46.6 Å². The summed E-state index contributed by atoms with van der Waals surface area (Å²) in [6.45, 7) is -0.421. The van der Waals surface area contributed by atoms with E-state index in [1.807, 2.05) is 6.07 Å². The summed E-state index contributed by atoms with van der Waals surface area (Å²) in [5.41, 5.74) is 0.425. The van der Waals surface area contributed by atoms with E-state index in [1.165, 1.54) is 24.7 Å². The summed E-state index contributed by atoms with van der Waals surface area (Å²) < 4.78 is 22.0. The molecule has 0 unspecified atom stereocenters. The Bertz CT molecular complexity index is 1270. The fourth-order valence-corrected chi connectivity index (χ4v) is 3.38. The van der Waals surface area contributed by atoms with E-state index in [-0.39, 0.29) is 38.0 Å². The highest BCUT2D eigenvalue weighted by atomic mass is 35.5. The molecule has 0 atom stereocenters. The minimum absolute atomic E-state index is 0.0715. The van der Waals surface area contributed by atoms with Gasteiger partial charge in [0.1, 0.15) is 23.1 Å². The minimum Gasteiger partial charge on any atom is -0.482 e. The summed E-state index contributed by atoms with van der Waals surface area (Å²) in [7, 11) is 0. The van der Waals surface area contributed by atoms with Gasteiger partial charge in [0.25, 0.3) is 5.91 Å². The molecule has 7 nitrogen and oxygen atoms in total. The van der Waals surface area contributed by atoms with Crippen LogP contribution >= 0.6 is 34.8 Å². The Labute approximate surface area is 190 Å². The molecule has 10 heteroatoms. The number of ether oxygens (including phenoxy) is 1. The third-order valence-corrected chi connectivity index (χ3v) is 5.14. The van der Waals surface area contributed by atoms with Crippen molar-refractivity contribution in [2.24, 2.45) is 0 Å². The lowest BCUT2D eigenvalue weighted by Gasteiger charge is -2.09. The predicted octanol–water partition coefficient (Wildman–Crippen LogP) is 6.65. The lowest BCUT2D eigenvalue weighted by molar-refractivity contribution is -0.118. The van der Waals surface area contributed by atoms with Gasteiger partial charge in [-0.2, -0.15) is 5.26 Å². The standard InChI is InChI=1S/C21H11Cl3N2O5/c22-12-7-14(24)17(8-13(12)23)30-10-18(27)26-21-11(9-25)19(15-3-1-5-28-15)20(31-21)16-4-2-6-29-16/h1-8H,10H2,(H,26,27). The highest BCUT2D eigenvalue weighted by molar-refractivity contribution is 6.43. The average molecular weight is 478 g/mol. The number of nitriles is 1. The molecule has 0 aliphatic rings. The molecule has 1 aromatic carbocycles. The Hall–Kier alpha value is -3.31. The molecule has 0 fully saturated rings. The Morgan fingerprint density at radius 3 is 2.35 bits per heavy atom. The second-order valence-electron chi connectivity index (χ2n) is 6.11. The Balaban J connectivity index is 1.60. The molecule has 3 aromatic heterocycles. The van der Waals surface area contributed by atoms with Gasteiger partial charge in [-0.05, 0) is 30.3 Å². The van der Waals surface area contributed by atoms with Crippen molar-refractivity contribution in [3.63, 3.8) is 0 Å². The smallest absolute Gasteiger partial charge is 0.264 e. The van der Waals surface area contributed by atoms with Crippen molar-refractivity contribution in [1.29, 1.82) is 5.26 Å². The maximum Gasteiger partial charge on any atom is 0.264 e. The molecule has 1 amide bonds. The van der Waals surface area contributed by atoms with E-state index in [4.69, 9.17) is 52.8 Å². The minimum atomic E-state index is -0.593. The molecule has 0 aliphatic heterocycles. The highest BCUT2D eigenvalue weighted by Crippen LogP contribution is 2.41. The van der Waals surface area contributed by atoms with Gasteiger partial charge in [0.15, 0.2) is 18.1 Å². The quantitative estimate of drug-likeness (QED) is 0.312. The third-order valence-electron chi connectivity index (χ3n) is 4.12. The molecule has 31 heavy (non-hydrogen) atoms. The summed E-state index contributed by atoms with van der Waals surface area (Å²) in [6.07, 6.45) is 2.92. The van der Waals surface area contributed by atoms with E-state index in [2.05, 4.69) is 5.32 Å². The summed E-state index contributed by atoms with van der Waals surface area (Å²) in [5.74, 6) is 0.491. The van der Waals surface area contributed by atoms with Crippen LogP contribution in [0.2, 0.25) is 15.1 Å². The fraction of sp³-hybridized carbons (Fsp3) is 0.0476. The number of nitrogens with zero attached hydrogens (tertiary/aromatic N) is 1. The number of halogens is 3. The van der Waals surface area contributed by atoms with Crippen LogP contribution in [-0.4, -0.2) is 12.5 Å². The number of hydrogen-bond acceptors (Lipinski definition) is 6. The lowest BCUT2D eigenvalue weighted by Crippen LogP contribution is -2.20. The second-order valence-corrected chi connectivity index (χ2v) is 7.33. The number of amides is 1. The van der Waals surface area contributed by atoms with Crippen LogP contribution < -0.4 is 10.1 Å². The third kappa shape index (κ3) is 4.28. The lowest BCUT2D eigenvalue weighted by atomic mass is 10.1. The normalized spacial score (nSPS) is 10.6. The first-order chi connectivity index (χ1) is 15.0. The first-order valence-electron chi connectivity index (χ1n) is 8.69. The number of furan rings is 3. The zero-order valence-corrected chi connectivity index (χ0v) is 17.7. The Morgan fingerprint density at radius 2 is 1.71 bits per heavy atom. The average Bonchev–Trinajstić information content (AvgIpc) is 3.50. The Kier molecular flexibility index (Phi) is 5.96. The van der Waals surface area contributed by atoms with Crippen LogP contribution in [0.1, 0.15) is 5.56 Å². The van der Waals surface area contributed by atoms with E-state index in [0.29, 0.717) is 17.1 Å². The predicted molar refractivity (Wildman–Crippen MR) is 114 cm³/mol.